The fraction of sp³-hybridized carbons (Fsp3) is 0.800. The van der Waals surface area contributed by atoms with Crippen molar-refractivity contribution in [2.24, 2.45) is 11.3 Å². The summed E-state index contributed by atoms with van der Waals surface area (Å²) in [5.74, 6) is -3.79. The molecule has 0 aliphatic rings. The summed E-state index contributed by atoms with van der Waals surface area (Å²) in [7, 11) is 0. The molecule has 16 heavy (non-hydrogen) atoms. The van der Waals surface area contributed by atoms with Crippen LogP contribution < -0.4 is 0 Å². The van der Waals surface area contributed by atoms with Crippen molar-refractivity contribution in [3.8, 4) is 0 Å². The van der Waals surface area contributed by atoms with Gasteiger partial charge < -0.3 is 4.74 Å². The van der Waals surface area contributed by atoms with Gasteiger partial charge in [-0.1, -0.05) is 0 Å². The first-order valence-electron chi connectivity index (χ1n) is 4.79. The first kappa shape index (κ1) is 14.9. The molecule has 0 aromatic carbocycles. The predicted octanol–water partition coefficient (Wildman–Crippen LogP) is 2.34. The lowest BCUT2D eigenvalue weighted by Gasteiger charge is -2.32. The van der Waals surface area contributed by atoms with Crippen molar-refractivity contribution in [2.75, 3.05) is 6.61 Å². The van der Waals surface area contributed by atoms with Crippen LogP contribution in [0.4, 0.5) is 13.2 Å². The number of halogens is 3. The van der Waals surface area contributed by atoms with Crippen molar-refractivity contribution >= 4 is 11.8 Å². The molecule has 0 radical (unpaired) electrons. The van der Waals surface area contributed by atoms with E-state index in [-0.39, 0.29) is 6.61 Å². The summed E-state index contributed by atoms with van der Waals surface area (Å²) in [5.41, 5.74) is -2.43. The van der Waals surface area contributed by atoms with Crippen LogP contribution in [-0.4, -0.2) is 24.5 Å². The Morgan fingerprint density at radius 2 is 1.69 bits per heavy atom. The van der Waals surface area contributed by atoms with E-state index in [9.17, 15) is 22.8 Å². The van der Waals surface area contributed by atoms with Crippen LogP contribution >= 0.6 is 0 Å². The molecule has 0 fully saturated rings. The summed E-state index contributed by atoms with van der Waals surface area (Å²) < 4.78 is 42.5. The van der Waals surface area contributed by atoms with Crippen molar-refractivity contribution < 1.29 is 27.5 Å². The van der Waals surface area contributed by atoms with Crippen molar-refractivity contribution in [3.05, 3.63) is 0 Å². The van der Waals surface area contributed by atoms with Gasteiger partial charge in [-0.3, -0.25) is 9.59 Å². The SMILES string of the molecule is CCOC(=O)C(C(C)=O)C(C)(C)C(F)(F)F. The van der Waals surface area contributed by atoms with Crippen LogP contribution in [0.1, 0.15) is 27.7 Å². The molecular formula is C10H15F3O3. The van der Waals surface area contributed by atoms with E-state index in [2.05, 4.69) is 4.74 Å². The number of Topliss-reactive ketones (excluding diaryl/α,β-unsaturated/α-hetero) is 1. The van der Waals surface area contributed by atoms with Gasteiger partial charge in [-0.05, 0) is 27.7 Å². The minimum atomic E-state index is -4.64. The lowest BCUT2D eigenvalue weighted by atomic mass is 9.76. The Labute approximate surface area is 92.0 Å². The molecule has 0 amide bonds. The van der Waals surface area contributed by atoms with Crippen LogP contribution in [0.5, 0.6) is 0 Å². The van der Waals surface area contributed by atoms with Gasteiger partial charge in [0.2, 0.25) is 0 Å². The maximum atomic E-state index is 12.7. The topological polar surface area (TPSA) is 43.4 Å². The average molecular weight is 240 g/mol. The lowest BCUT2D eigenvalue weighted by Crippen LogP contribution is -2.46. The van der Waals surface area contributed by atoms with E-state index >= 15 is 0 Å². The van der Waals surface area contributed by atoms with Gasteiger partial charge in [0.15, 0.2) is 0 Å². The number of carbonyl (C=O) groups is 2. The van der Waals surface area contributed by atoms with E-state index < -0.39 is 29.3 Å². The third-order valence-electron chi connectivity index (χ3n) is 2.38. The van der Waals surface area contributed by atoms with E-state index in [0.29, 0.717) is 0 Å². The molecule has 94 valence electrons. The van der Waals surface area contributed by atoms with Crippen LogP contribution in [0.3, 0.4) is 0 Å². The van der Waals surface area contributed by atoms with Gasteiger partial charge in [0.1, 0.15) is 11.7 Å². The molecule has 0 heterocycles. The molecule has 0 saturated heterocycles. The van der Waals surface area contributed by atoms with Gasteiger partial charge in [0.05, 0.1) is 12.0 Å². The molecule has 1 atom stereocenters. The molecule has 0 rings (SSSR count). The van der Waals surface area contributed by atoms with Crippen LogP contribution in [-0.2, 0) is 14.3 Å². The zero-order valence-corrected chi connectivity index (χ0v) is 9.64. The molecule has 0 aliphatic carbocycles. The maximum absolute atomic E-state index is 12.7. The predicted molar refractivity (Wildman–Crippen MR) is 50.6 cm³/mol. The van der Waals surface area contributed by atoms with Crippen molar-refractivity contribution in [1.29, 1.82) is 0 Å². The highest BCUT2D eigenvalue weighted by atomic mass is 19.4. The van der Waals surface area contributed by atoms with Gasteiger partial charge in [0, 0.05) is 0 Å². The minimum Gasteiger partial charge on any atom is -0.465 e. The third-order valence-corrected chi connectivity index (χ3v) is 2.38. The molecular weight excluding hydrogens is 225 g/mol. The zero-order chi connectivity index (χ0) is 13.1. The molecule has 0 N–H and O–H groups in total. The lowest BCUT2D eigenvalue weighted by molar-refractivity contribution is -0.231. The van der Waals surface area contributed by atoms with Crippen molar-refractivity contribution in [2.45, 2.75) is 33.9 Å². The highest BCUT2D eigenvalue weighted by Gasteiger charge is 2.57. The second-order valence-corrected chi connectivity index (χ2v) is 4.02. The van der Waals surface area contributed by atoms with Gasteiger partial charge >= 0.3 is 12.1 Å². The second kappa shape index (κ2) is 4.84. The van der Waals surface area contributed by atoms with Gasteiger partial charge in [-0.2, -0.15) is 13.2 Å². The van der Waals surface area contributed by atoms with E-state index in [0.717, 1.165) is 20.8 Å². The van der Waals surface area contributed by atoms with Crippen LogP contribution in [0, 0.1) is 11.3 Å². The van der Waals surface area contributed by atoms with E-state index in [4.69, 9.17) is 0 Å². The number of ether oxygens (including phenoxy) is 1. The fourth-order valence-electron chi connectivity index (χ4n) is 1.36. The fourth-order valence-corrected chi connectivity index (χ4v) is 1.36. The summed E-state index contributed by atoms with van der Waals surface area (Å²) in [6.07, 6.45) is -4.64. The summed E-state index contributed by atoms with van der Waals surface area (Å²) in [6.45, 7) is 3.99. The number of carbonyl (C=O) groups excluding carboxylic acids is 2. The first-order chi connectivity index (χ1) is 7.05. The Hall–Kier alpha value is -1.07. The molecule has 6 heteroatoms. The third kappa shape index (κ3) is 2.96. The molecule has 0 aromatic heterocycles. The van der Waals surface area contributed by atoms with Crippen LogP contribution in [0.25, 0.3) is 0 Å². The molecule has 0 aromatic rings. The number of hydrogen-bond acceptors (Lipinski definition) is 3. The van der Waals surface area contributed by atoms with Gasteiger partial charge in [-0.25, -0.2) is 0 Å². The maximum Gasteiger partial charge on any atom is 0.395 e. The van der Waals surface area contributed by atoms with Crippen molar-refractivity contribution in [3.63, 3.8) is 0 Å². The van der Waals surface area contributed by atoms with Crippen LogP contribution in [0.2, 0.25) is 0 Å². The molecule has 0 saturated carbocycles. The Morgan fingerprint density at radius 1 is 1.25 bits per heavy atom. The minimum absolute atomic E-state index is 0.0590. The van der Waals surface area contributed by atoms with Crippen molar-refractivity contribution in [1.82, 2.24) is 0 Å². The number of rotatable bonds is 4. The smallest absolute Gasteiger partial charge is 0.395 e. The summed E-state index contributed by atoms with van der Waals surface area (Å²) in [5, 5.41) is 0. The number of esters is 1. The highest BCUT2D eigenvalue weighted by molar-refractivity contribution is 5.98. The molecule has 1 unspecified atom stereocenters. The van der Waals surface area contributed by atoms with E-state index in [1.165, 1.54) is 6.92 Å². The quantitative estimate of drug-likeness (QED) is 0.559. The summed E-state index contributed by atoms with van der Waals surface area (Å²) in [6, 6.07) is 0. The molecule has 0 bridgehead atoms. The molecule has 0 spiro atoms. The van der Waals surface area contributed by atoms with E-state index in [1.807, 2.05) is 0 Å². The standard InChI is InChI=1S/C10H15F3O3/c1-5-16-8(15)7(6(2)14)9(3,4)10(11,12)13/h7H,5H2,1-4H3. The number of hydrogen-bond donors (Lipinski definition) is 0. The Morgan fingerprint density at radius 3 is 1.94 bits per heavy atom. The normalized spacial score (nSPS) is 14.4. The van der Waals surface area contributed by atoms with Gasteiger partial charge in [0.25, 0.3) is 0 Å². The Bertz CT molecular complexity index is 282. The average Bonchev–Trinajstić information content (AvgIpc) is 2.00. The Balaban J connectivity index is 5.22. The molecule has 0 aliphatic heterocycles. The monoisotopic (exact) mass is 240 g/mol. The van der Waals surface area contributed by atoms with E-state index in [1.54, 1.807) is 0 Å². The van der Waals surface area contributed by atoms with Gasteiger partial charge in [-0.15, -0.1) is 0 Å². The highest BCUT2D eigenvalue weighted by Crippen LogP contribution is 2.44. The number of alkyl halides is 3. The first-order valence-corrected chi connectivity index (χ1v) is 4.79. The summed E-state index contributed by atoms with van der Waals surface area (Å²) >= 11 is 0. The summed E-state index contributed by atoms with van der Waals surface area (Å²) in [4.78, 5) is 22.5. The Kier molecular flexibility index (Phi) is 4.52. The van der Waals surface area contributed by atoms with Crippen LogP contribution in [0.15, 0.2) is 0 Å². The second-order valence-electron chi connectivity index (χ2n) is 4.02. The largest absolute Gasteiger partial charge is 0.465 e. The zero-order valence-electron chi connectivity index (χ0n) is 9.64. The number of ketones is 1. The molecule has 3 nitrogen and oxygen atoms in total.